The first-order valence-electron chi connectivity index (χ1n) is 4.95. The Morgan fingerprint density at radius 3 is 2.69 bits per heavy atom. The largest absolute Gasteiger partial charge is 0.303 e. The van der Waals surface area contributed by atoms with Gasteiger partial charge in [0.25, 0.3) is 0 Å². The maximum absolute atomic E-state index is 11.5. The van der Waals surface area contributed by atoms with Crippen LogP contribution in [0.25, 0.3) is 0 Å². The van der Waals surface area contributed by atoms with E-state index in [2.05, 4.69) is 13.8 Å². The molecule has 2 heteroatoms. The van der Waals surface area contributed by atoms with E-state index in [1.807, 2.05) is 6.92 Å². The average molecular weight is 182 g/mol. The van der Waals surface area contributed by atoms with Crippen molar-refractivity contribution in [3.63, 3.8) is 0 Å². The lowest BCUT2D eigenvalue weighted by molar-refractivity contribution is -0.131. The number of Topliss-reactive ketones (excluding diaryl/α,β-unsaturated/α-hetero) is 1. The number of hydrogen-bond acceptors (Lipinski definition) is 2. The summed E-state index contributed by atoms with van der Waals surface area (Å²) in [7, 11) is 0. The summed E-state index contributed by atoms with van der Waals surface area (Å²) in [5.74, 6) is 0.631. The Morgan fingerprint density at radius 2 is 2.15 bits per heavy atom. The van der Waals surface area contributed by atoms with Gasteiger partial charge in [-0.15, -0.1) is 0 Å². The summed E-state index contributed by atoms with van der Waals surface area (Å²) in [4.78, 5) is 22.0. The van der Waals surface area contributed by atoms with Crippen molar-refractivity contribution in [2.24, 2.45) is 17.3 Å². The van der Waals surface area contributed by atoms with Crippen molar-refractivity contribution >= 4 is 12.1 Å². The molecule has 0 unspecified atom stereocenters. The average Bonchev–Trinajstić information content (AvgIpc) is 2.07. The molecule has 0 aliphatic heterocycles. The van der Waals surface area contributed by atoms with Crippen LogP contribution < -0.4 is 0 Å². The normalized spacial score (nSPS) is 33.0. The molecule has 0 bridgehead atoms. The van der Waals surface area contributed by atoms with Crippen LogP contribution in [0.15, 0.2) is 0 Å². The first kappa shape index (κ1) is 10.4. The Balaban J connectivity index is 2.81. The molecule has 13 heavy (non-hydrogen) atoms. The minimum absolute atomic E-state index is 0.0638. The van der Waals surface area contributed by atoms with Crippen LogP contribution in [0.5, 0.6) is 0 Å². The maximum Gasteiger partial charge on any atom is 0.136 e. The van der Waals surface area contributed by atoms with Gasteiger partial charge in [0.1, 0.15) is 12.1 Å². The Bertz CT molecular complexity index is 218. The van der Waals surface area contributed by atoms with E-state index < -0.39 is 0 Å². The molecule has 0 amide bonds. The van der Waals surface area contributed by atoms with E-state index in [1.165, 1.54) is 0 Å². The van der Waals surface area contributed by atoms with Crippen LogP contribution in [0.2, 0.25) is 0 Å². The van der Waals surface area contributed by atoms with E-state index in [0.29, 0.717) is 18.6 Å². The van der Waals surface area contributed by atoms with Crippen LogP contribution in [0.1, 0.15) is 40.0 Å². The third-order valence-electron chi connectivity index (χ3n) is 3.48. The third kappa shape index (κ3) is 1.98. The molecule has 1 rings (SSSR count). The van der Waals surface area contributed by atoms with E-state index in [0.717, 1.165) is 12.7 Å². The third-order valence-corrected chi connectivity index (χ3v) is 3.48. The van der Waals surface area contributed by atoms with Gasteiger partial charge >= 0.3 is 0 Å². The maximum atomic E-state index is 11.5. The molecule has 0 spiro atoms. The van der Waals surface area contributed by atoms with Crippen molar-refractivity contribution in [3.05, 3.63) is 0 Å². The van der Waals surface area contributed by atoms with Crippen molar-refractivity contribution in [1.29, 1.82) is 0 Å². The summed E-state index contributed by atoms with van der Waals surface area (Å²) in [6, 6.07) is 0. The predicted octanol–water partition coefficient (Wildman–Crippen LogP) is 2.22. The molecule has 0 heterocycles. The van der Waals surface area contributed by atoms with Crippen molar-refractivity contribution in [3.8, 4) is 0 Å². The van der Waals surface area contributed by atoms with Crippen LogP contribution in [-0.4, -0.2) is 12.1 Å². The SMILES string of the molecule is C[C@H]1C(=O)CCC(C)(C)[C@H]1CC=O. The predicted molar refractivity (Wildman–Crippen MR) is 51.4 cm³/mol. The van der Waals surface area contributed by atoms with E-state index in [-0.39, 0.29) is 17.3 Å². The van der Waals surface area contributed by atoms with E-state index in [1.54, 1.807) is 0 Å². The van der Waals surface area contributed by atoms with Gasteiger partial charge in [-0.2, -0.15) is 0 Å². The molecule has 0 aromatic rings. The summed E-state index contributed by atoms with van der Waals surface area (Å²) >= 11 is 0. The van der Waals surface area contributed by atoms with Gasteiger partial charge in [-0.3, -0.25) is 4.79 Å². The fourth-order valence-corrected chi connectivity index (χ4v) is 2.39. The molecule has 0 aromatic carbocycles. The minimum atomic E-state index is 0.0638. The zero-order valence-corrected chi connectivity index (χ0v) is 8.67. The van der Waals surface area contributed by atoms with Gasteiger partial charge in [0.2, 0.25) is 0 Å². The molecule has 1 aliphatic carbocycles. The number of rotatable bonds is 2. The van der Waals surface area contributed by atoms with Gasteiger partial charge in [0, 0.05) is 18.8 Å². The van der Waals surface area contributed by atoms with Crippen LogP contribution in [0, 0.1) is 17.3 Å². The molecular formula is C11H18O2. The second kappa shape index (κ2) is 3.60. The Morgan fingerprint density at radius 1 is 1.54 bits per heavy atom. The first-order valence-corrected chi connectivity index (χ1v) is 4.95. The molecule has 0 radical (unpaired) electrons. The number of carbonyl (C=O) groups is 2. The summed E-state index contributed by atoms with van der Waals surface area (Å²) in [5.41, 5.74) is 0.147. The number of carbonyl (C=O) groups excluding carboxylic acids is 2. The summed E-state index contributed by atoms with van der Waals surface area (Å²) in [6.45, 7) is 6.27. The summed E-state index contributed by atoms with van der Waals surface area (Å²) < 4.78 is 0. The Labute approximate surface area is 79.7 Å². The number of aldehydes is 1. The zero-order chi connectivity index (χ0) is 10.1. The molecule has 0 N–H and O–H groups in total. The molecule has 1 aliphatic rings. The summed E-state index contributed by atoms with van der Waals surface area (Å²) in [5, 5.41) is 0. The van der Waals surface area contributed by atoms with Gasteiger partial charge < -0.3 is 4.79 Å². The van der Waals surface area contributed by atoms with Crippen LogP contribution >= 0.6 is 0 Å². The van der Waals surface area contributed by atoms with Crippen molar-refractivity contribution in [1.82, 2.24) is 0 Å². The van der Waals surface area contributed by atoms with Crippen LogP contribution in [0.3, 0.4) is 0 Å². The van der Waals surface area contributed by atoms with Crippen molar-refractivity contribution < 1.29 is 9.59 Å². The van der Waals surface area contributed by atoms with Crippen molar-refractivity contribution in [2.75, 3.05) is 0 Å². The quantitative estimate of drug-likeness (QED) is 0.614. The van der Waals surface area contributed by atoms with E-state index >= 15 is 0 Å². The number of ketones is 1. The van der Waals surface area contributed by atoms with Crippen LogP contribution in [-0.2, 0) is 9.59 Å². The molecule has 0 saturated heterocycles. The van der Waals surface area contributed by atoms with Gasteiger partial charge in [-0.05, 0) is 17.8 Å². The van der Waals surface area contributed by atoms with Gasteiger partial charge in [0.15, 0.2) is 0 Å². The molecule has 0 aromatic heterocycles. The van der Waals surface area contributed by atoms with Gasteiger partial charge in [-0.1, -0.05) is 20.8 Å². The van der Waals surface area contributed by atoms with Gasteiger partial charge in [0.05, 0.1) is 0 Å². The Hall–Kier alpha value is -0.660. The second-order valence-corrected chi connectivity index (χ2v) is 4.75. The molecular weight excluding hydrogens is 164 g/mol. The minimum Gasteiger partial charge on any atom is -0.303 e. The topological polar surface area (TPSA) is 34.1 Å². The highest BCUT2D eigenvalue weighted by Gasteiger charge is 2.40. The molecule has 1 saturated carbocycles. The summed E-state index contributed by atoms with van der Waals surface area (Å²) in [6.07, 6.45) is 3.08. The first-order chi connectivity index (χ1) is 5.99. The van der Waals surface area contributed by atoms with Gasteiger partial charge in [-0.25, -0.2) is 0 Å². The zero-order valence-electron chi connectivity index (χ0n) is 8.67. The molecule has 74 valence electrons. The highest BCUT2D eigenvalue weighted by molar-refractivity contribution is 5.82. The van der Waals surface area contributed by atoms with Crippen LogP contribution in [0.4, 0.5) is 0 Å². The fraction of sp³-hybridized carbons (Fsp3) is 0.818. The van der Waals surface area contributed by atoms with Crippen molar-refractivity contribution in [2.45, 2.75) is 40.0 Å². The Kier molecular flexibility index (Phi) is 2.89. The highest BCUT2D eigenvalue weighted by atomic mass is 16.1. The molecule has 2 nitrogen and oxygen atoms in total. The lowest BCUT2D eigenvalue weighted by Crippen LogP contribution is -2.39. The second-order valence-electron chi connectivity index (χ2n) is 4.75. The molecule has 2 atom stereocenters. The van der Waals surface area contributed by atoms with E-state index in [4.69, 9.17) is 0 Å². The number of hydrogen-bond donors (Lipinski definition) is 0. The standard InChI is InChI=1S/C11H18O2/c1-8-9(5-7-12)11(2,3)6-4-10(8)13/h7-9H,4-6H2,1-3H3/t8-,9+/m1/s1. The lowest BCUT2D eigenvalue weighted by Gasteiger charge is -2.41. The molecule has 1 fully saturated rings. The highest BCUT2D eigenvalue weighted by Crippen LogP contribution is 2.43. The lowest BCUT2D eigenvalue weighted by atomic mass is 9.63. The fourth-order valence-electron chi connectivity index (χ4n) is 2.39. The monoisotopic (exact) mass is 182 g/mol. The smallest absolute Gasteiger partial charge is 0.136 e. The van der Waals surface area contributed by atoms with E-state index in [9.17, 15) is 9.59 Å².